The van der Waals surface area contributed by atoms with Crippen molar-refractivity contribution >= 4 is 11.6 Å². The highest BCUT2D eigenvalue weighted by atomic mass is 16.7. The van der Waals surface area contributed by atoms with Gasteiger partial charge in [-0.1, -0.05) is 31.5 Å². The second-order valence-electron chi connectivity index (χ2n) is 12.0. The van der Waals surface area contributed by atoms with E-state index in [1.165, 1.54) is 11.1 Å². The molecule has 0 aliphatic carbocycles. The van der Waals surface area contributed by atoms with Crippen molar-refractivity contribution < 1.29 is 23.6 Å². The van der Waals surface area contributed by atoms with E-state index in [4.69, 9.17) is 14.3 Å². The largest absolute Gasteiger partial charge is 0.454 e. The lowest BCUT2D eigenvalue weighted by molar-refractivity contribution is -0.884. The first-order valence-electron chi connectivity index (χ1n) is 14.3. The van der Waals surface area contributed by atoms with E-state index in [9.17, 15) is 4.79 Å². The summed E-state index contributed by atoms with van der Waals surface area (Å²) in [5.41, 5.74) is 3.50. The molecule has 0 bridgehead atoms. The third-order valence-corrected chi connectivity index (χ3v) is 7.74. The van der Waals surface area contributed by atoms with E-state index in [-0.39, 0.29) is 12.7 Å². The minimum absolute atomic E-state index is 0.169. The molecule has 39 heavy (non-hydrogen) atoms. The van der Waals surface area contributed by atoms with Crippen LogP contribution in [0.3, 0.4) is 0 Å². The third-order valence-electron chi connectivity index (χ3n) is 7.74. The summed E-state index contributed by atoms with van der Waals surface area (Å²) in [5.74, 6) is 2.13. The molecule has 2 aliphatic heterocycles. The summed E-state index contributed by atoms with van der Waals surface area (Å²) < 4.78 is 12.0. The Morgan fingerprint density at radius 3 is 2.64 bits per heavy atom. The highest BCUT2D eigenvalue weighted by Crippen LogP contribution is 2.39. The van der Waals surface area contributed by atoms with E-state index in [0.29, 0.717) is 18.5 Å². The van der Waals surface area contributed by atoms with Crippen molar-refractivity contribution in [2.75, 3.05) is 73.2 Å². The molecular formula is C31H47N4O4+. The smallest absolute Gasteiger partial charge is 0.241 e. The molecule has 2 aliphatic rings. The van der Waals surface area contributed by atoms with Gasteiger partial charge < -0.3 is 23.7 Å². The van der Waals surface area contributed by atoms with Crippen LogP contribution in [0.15, 0.2) is 42.5 Å². The lowest BCUT2D eigenvalue weighted by Gasteiger charge is -2.30. The highest BCUT2D eigenvalue weighted by Gasteiger charge is 2.35. The van der Waals surface area contributed by atoms with Crippen molar-refractivity contribution in [1.82, 2.24) is 9.96 Å². The number of rotatable bonds is 13. The van der Waals surface area contributed by atoms with Crippen LogP contribution >= 0.6 is 0 Å². The van der Waals surface area contributed by atoms with Gasteiger partial charge in [0.1, 0.15) is 6.54 Å². The van der Waals surface area contributed by atoms with Gasteiger partial charge >= 0.3 is 0 Å². The van der Waals surface area contributed by atoms with Crippen LogP contribution in [0.2, 0.25) is 0 Å². The summed E-state index contributed by atoms with van der Waals surface area (Å²) in [7, 11) is 10.2. The number of hydroxylamine groups is 2. The molecule has 0 radical (unpaired) electrons. The van der Waals surface area contributed by atoms with Crippen molar-refractivity contribution in [3.8, 4) is 11.5 Å². The molecular weight excluding hydrogens is 492 g/mol. The Morgan fingerprint density at radius 1 is 1.10 bits per heavy atom. The Kier molecular flexibility index (Phi) is 9.88. The number of carbonyl (C=O) groups is 1. The molecule has 1 unspecified atom stereocenters. The van der Waals surface area contributed by atoms with Crippen LogP contribution in [0.4, 0.5) is 5.69 Å². The van der Waals surface area contributed by atoms with E-state index in [1.54, 1.807) is 7.11 Å². The van der Waals surface area contributed by atoms with Crippen LogP contribution in [0.5, 0.6) is 11.5 Å². The zero-order chi connectivity index (χ0) is 28.0. The van der Waals surface area contributed by atoms with E-state index in [1.807, 2.05) is 23.1 Å². The van der Waals surface area contributed by atoms with Crippen molar-refractivity contribution in [2.24, 2.45) is 0 Å². The van der Waals surface area contributed by atoms with Crippen molar-refractivity contribution in [2.45, 2.75) is 51.1 Å². The molecule has 1 amide bonds. The van der Waals surface area contributed by atoms with Gasteiger partial charge in [0, 0.05) is 44.0 Å². The van der Waals surface area contributed by atoms with Gasteiger partial charge in [0.15, 0.2) is 11.5 Å². The fourth-order valence-electron chi connectivity index (χ4n) is 5.65. The second-order valence-corrected chi connectivity index (χ2v) is 12.0. The first kappa shape index (κ1) is 29.3. The van der Waals surface area contributed by atoms with Crippen LogP contribution < -0.4 is 14.4 Å². The molecule has 0 N–H and O–H groups in total. The Bertz CT molecular complexity index is 1100. The van der Waals surface area contributed by atoms with Gasteiger partial charge in [0.05, 0.1) is 34.8 Å². The quantitative estimate of drug-likeness (QED) is 0.276. The zero-order valence-electron chi connectivity index (χ0n) is 24.7. The topological polar surface area (TPSA) is 54.5 Å². The van der Waals surface area contributed by atoms with Crippen LogP contribution in [0, 0.1) is 0 Å². The molecule has 0 spiro atoms. The number of anilines is 1. The van der Waals surface area contributed by atoms with Crippen molar-refractivity contribution in [3.63, 3.8) is 0 Å². The number of carbonyl (C=O) groups excluding carboxylic acids is 1. The minimum atomic E-state index is 0.169. The number of unbranched alkanes of at least 4 members (excludes halogenated alkanes) is 1. The number of ether oxygens (including phenoxy) is 2. The maximum atomic E-state index is 13.9. The summed E-state index contributed by atoms with van der Waals surface area (Å²) >= 11 is 0. The minimum Gasteiger partial charge on any atom is -0.454 e. The number of hydrogen-bond acceptors (Lipinski definition) is 6. The fourth-order valence-corrected chi connectivity index (χ4v) is 5.65. The number of fused-ring (bicyclic) bond motifs is 1. The number of likely N-dealkylation sites (tertiary alicyclic amines) is 1. The predicted molar refractivity (Wildman–Crippen MR) is 155 cm³/mol. The highest BCUT2D eigenvalue weighted by molar-refractivity contribution is 5.95. The molecule has 0 saturated carbocycles. The van der Waals surface area contributed by atoms with E-state index in [2.05, 4.69) is 69.4 Å². The standard InChI is InChI=1S/C31H47N4O4/c1-7-8-15-34(28-11-9-10-24(17-28)22-35(3,4)5)31(36)21-33-20-26(18-27(33)14-16-32(2)37-6)25-12-13-29-30(19-25)39-23-38-29/h9-13,17,19,26-27H,7-8,14-16,18,20-23H2,1-6H3/q+1/t26?,27-/m0/s1. The molecule has 8 heteroatoms. The maximum absolute atomic E-state index is 13.9. The number of nitrogens with zero attached hydrogens (tertiary/aromatic N) is 4. The van der Waals surface area contributed by atoms with E-state index in [0.717, 1.165) is 73.5 Å². The van der Waals surface area contributed by atoms with Crippen LogP contribution in [0.25, 0.3) is 0 Å². The number of quaternary nitrogens is 1. The summed E-state index contributed by atoms with van der Waals surface area (Å²) in [6.45, 7) is 6.17. The van der Waals surface area contributed by atoms with Gasteiger partial charge in [0.2, 0.25) is 12.7 Å². The van der Waals surface area contributed by atoms with Crippen LogP contribution in [-0.4, -0.2) is 94.7 Å². The predicted octanol–water partition coefficient (Wildman–Crippen LogP) is 4.50. The van der Waals surface area contributed by atoms with Gasteiger partial charge in [-0.3, -0.25) is 9.69 Å². The molecule has 214 valence electrons. The van der Waals surface area contributed by atoms with E-state index >= 15 is 0 Å². The summed E-state index contributed by atoms with van der Waals surface area (Å²) in [6, 6.07) is 15.1. The lowest BCUT2D eigenvalue weighted by Crippen LogP contribution is -2.43. The van der Waals surface area contributed by atoms with Crippen LogP contribution in [-0.2, 0) is 16.2 Å². The van der Waals surface area contributed by atoms with Gasteiger partial charge in [-0.2, -0.15) is 5.06 Å². The van der Waals surface area contributed by atoms with E-state index < -0.39 is 0 Å². The fraction of sp³-hybridized carbons (Fsp3) is 0.581. The first-order valence-corrected chi connectivity index (χ1v) is 14.3. The number of hydrogen-bond donors (Lipinski definition) is 0. The van der Waals surface area contributed by atoms with Crippen molar-refractivity contribution in [1.29, 1.82) is 0 Å². The molecule has 1 saturated heterocycles. The zero-order valence-corrected chi connectivity index (χ0v) is 24.7. The monoisotopic (exact) mass is 539 g/mol. The molecule has 4 rings (SSSR count). The average molecular weight is 540 g/mol. The molecule has 2 heterocycles. The van der Waals surface area contributed by atoms with Gasteiger partial charge in [-0.05, 0) is 55.0 Å². The van der Waals surface area contributed by atoms with Gasteiger partial charge in [-0.25, -0.2) is 0 Å². The molecule has 1 fully saturated rings. The van der Waals surface area contributed by atoms with Crippen molar-refractivity contribution in [3.05, 3.63) is 53.6 Å². The second kappa shape index (κ2) is 13.1. The summed E-state index contributed by atoms with van der Waals surface area (Å²) in [5, 5.41) is 1.86. The Hall–Kier alpha value is -2.65. The Labute approximate surface area is 234 Å². The van der Waals surface area contributed by atoms with Gasteiger partial charge in [-0.15, -0.1) is 0 Å². The Balaban J connectivity index is 1.52. The average Bonchev–Trinajstić information content (AvgIpc) is 3.53. The molecule has 2 atom stereocenters. The molecule has 0 aromatic heterocycles. The SMILES string of the molecule is CCCCN(C(=O)CN1CC(c2ccc3c(c2)OCO3)C[C@@H]1CCN(C)OC)c1cccc(C[N+](C)(C)C)c1. The number of benzene rings is 2. The Morgan fingerprint density at radius 2 is 1.90 bits per heavy atom. The van der Waals surface area contributed by atoms with Crippen LogP contribution in [0.1, 0.15) is 49.7 Å². The van der Waals surface area contributed by atoms with Gasteiger partial charge in [0.25, 0.3) is 0 Å². The normalized spacial score (nSPS) is 19.2. The maximum Gasteiger partial charge on any atom is 0.241 e. The molecule has 2 aromatic carbocycles. The summed E-state index contributed by atoms with van der Waals surface area (Å²) in [6.07, 6.45) is 3.96. The third kappa shape index (κ3) is 7.94. The number of amides is 1. The summed E-state index contributed by atoms with van der Waals surface area (Å²) in [4.78, 5) is 23.7. The first-order chi connectivity index (χ1) is 18.7. The molecule has 8 nitrogen and oxygen atoms in total. The lowest BCUT2D eigenvalue weighted by atomic mass is 9.95. The molecule has 2 aromatic rings.